The van der Waals surface area contributed by atoms with Gasteiger partial charge in [0.25, 0.3) is 0 Å². The molecule has 2 fully saturated rings. The maximum Gasteiger partial charge on any atom is 0.188 e. The Morgan fingerprint density at radius 1 is 1.11 bits per heavy atom. The Balaban J connectivity index is 1.70. The van der Waals surface area contributed by atoms with E-state index in [4.69, 9.17) is 5.73 Å². The molecule has 2 rings (SSSR count). The van der Waals surface area contributed by atoms with Crippen molar-refractivity contribution in [3.8, 4) is 0 Å². The molecule has 104 valence electrons. The van der Waals surface area contributed by atoms with Crippen LogP contribution in [0, 0.1) is 5.92 Å². The lowest BCUT2D eigenvalue weighted by atomic mass is 9.87. The number of aliphatic hydroxyl groups excluding tert-OH is 1. The van der Waals surface area contributed by atoms with Crippen molar-refractivity contribution in [3.63, 3.8) is 0 Å². The first-order valence-corrected chi connectivity index (χ1v) is 7.48. The second-order valence-corrected chi connectivity index (χ2v) is 5.89. The molecule has 0 amide bonds. The van der Waals surface area contributed by atoms with E-state index >= 15 is 0 Å². The number of hydrogen-bond acceptors (Lipinski definition) is 2. The second kappa shape index (κ2) is 6.98. The zero-order valence-electron chi connectivity index (χ0n) is 11.3. The molecule has 4 nitrogen and oxygen atoms in total. The van der Waals surface area contributed by atoms with Gasteiger partial charge in [0.05, 0.1) is 6.10 Å². The highest BCUT2D eigenvalue weighted by molar-refractivity contribution is 5.78. The number of hydrogen-bond donors (Lipinski definition) is 3. The van der Waals surface area contributed by atoms with Crippen molar-refractivity contribution >= 4 is 5.96 Å². The summed E-state index contributed by atoms with van der Waals surface area (Å²) in [6, 6.07) is 0.527. The molecule has 4 heteroatoms. The molecule has 0 aromatic carbocycles. The highest BCUT2D eigenvalue weighted by Crippen LogP contribution is 2.24. The summed E-state index contributed by atoms with van der Waals surface area (Å²) in [6.07, 6.45) is 10.4. The van der Waals surface area contributed by atoms with Crippen LogP contribution in [-0.4, -0.2) is 29.8 Å². The van der Waals surface area contributed by atoms with Crippen LogP contribution in [0.2, 0.25) is 0 Å². The van der Waals surface area contributed by atoms with Crippen LogP contribution < -0.4 is 11.1 Å². The summed E-state index contributed by atoms with van der Waals surface area (Å²) in [5.41, 5.74) is 5.93. The average molecular weight is 253 g/mol. The molecule has 0 spiro atoms. The molecule has 2 unspecified atom stereocenters. The van der Waals surface area contributed by atoms with Crippen molar-refractivity contribution in [2.75, 3.05) is 6.54 Å². The van der Waals surface area contributed by atoms with Gasteiger partial charge in [0, 0.05) is 12.6 Å². The van der Waals surface area contributed by atoms with E-state index in [2.05, 4.69) is 10.3 Å². The molecular formula is C14H27N3O. The van der Waals surface area contributed by atoms with Crippen molar-refractivity contribution in [1.29, 1.82) is 0 Å². The zero-order chi connectivity index (χ0) is 12.8. The maximum atomic E-state index is 9.61. The maximum absolute atomic E-state index is 9.61. The number of nitrogens with two attached hydrogens (primary N) is 1. The summed E-state index contributed by atoms with van der Waals surface area (Å²) in [7, 11) is 0. The monoisotopic (exact) mass is 253 g/mol. The van der Waals surface area contributed by atoms with Gasteiger partial charge < -0.3 is 16.2 Å². The number of nitrogens with one attached hydrogen (secondary N) is 1. The molecule has 0 saturated heterocycles. The Bertz CT molecular complexity index is 274. The van der Waals surface area contributed by atoms with Gasteiger partial charge in [0.2, 0.25) is 0 Å². The molecule has 0 aromatic heterocycles. The number of rotatable bonds is 3. The van der Waals surface area contributed by atoms with Crippen molar-refractivity contribution in [2.24, 2.45) is 16.6 Å². The first kappa shape index (κ1) is 13.7. The Kier molecular flexibility index (Phi) is 5.29. The van der Waals surface area contributed by atoms with Gasteiger partial charge in [-0.1, -0.05) is 25.7 Å². The fraction of sp³-hybridized carbons (Fsp3) is 0.929. The van der Waals surface area contributed by atoms with Crippen molar-refractivity contribution < 1.29 is 5.11 Å². The summed E-state index contributed by atoms with van der Waals surface area (Å²) in [6.45, 7) is 0.766. The summed E-state index contributed by atoms with van der Waals surface area (Å²) < 4.78 is 0. The van der Waals surface area contributed by atoms with Crippen LogP contribution in [0.15, 0.2) is 4.99 Å². The van der Waals surface area contributed by atoms with Gasteiger partial charge in [-0.15, -0.1) is 0 Å². The van der Waals surface area contributed by atoms with Crippen LogP contribution >= 0.6 is 0 Å². The van der Waals surface area contributed by atoms with Crippen LogP contribution in [0.25, 0.3) is 0 Å². The Morgan fingerprint density at radius 2 is 1.89 bits per heavy atom. The third-order valence-corrected chi connectivity index (χ3v) is 4.23. The minimum Gasteiger partial charge on any atom is -0.393 e. The summed E-state index contributed by atoms with van der Waals surface area (Å²) in [5, 5.41) is 12.9. The molecule has 4 N–H and O–H groups in total. The Hall–Kier alpha value is -0.770. The Morgan fingerprint density at radius 3 is 2.61 bits per heavy atom. The molecule has 18 heavy (non-hydrogen) atoms. The van der Waals surface area contributed by atoms with Gasteiger partial charge in [0.1, 0.15) is 0 Å². The van der Waals surface area contributed by atoms with Gasteiger partial charge in [-0.3, -0.25) is 4.99 Å². The van der Waals surface area contributed by atoms with Crippen LogP contribution in [0.5, 0.6) is 0 Å². The van der Waals surface area contributed by atoms with Gasteiger partial charge >= 0.3 is 0 Å². The van der Waals surface area contributed by atoms with Crippen LogP contribution in [0.3, 0.4) is 0 Å². The fourth-order valence-corrected chi connectivity index (χ4v) is 3.16. The smallest absolute Gasteiger partial charge is 0.188 e. The number of guanidine groups is 1. The minimum atomic E-state index is -0.119. The summed E-state index contributed by atoms with van der Waals surface area (Å²) in [5.74, 6) is 1.11. The second-order valence-electron chi connectivity index (χ2n) is 5.89. The predicted octanol–water partition coefficient (Wildman–Crippen LogP) is 1.77. The number of nitrogens with zero attached hydrogens (tertiary/aromatic N) is 1. The highest BCUT2D eigenvalue weighted by Gasteiger charge is 2.20. The van der Waals surface area contributed by atoms with E-state index in [1.165, 1.54) is 38.5 Å². The quantitative estimate of drug-likeness (QED) is 0.530. The van der Waals surface area contributed by atoms with Gasteiger partial charge in [-0.25, -0.2) is 0 Å². The third kappa shape index (κ3) is 4.48. The van der Waals surface area contributed by atoms with Crippen molar-refractivity contribution in [1.82, 2.24) is 5.32 Å². The van der Waals surface area contributed by atoms with E-state index < -0.39 is 0 Å². The number of aliphatic imine (C=N–C) groups is 1. The van der Waals surface area contributed by atoms with E-state index in [1.54, 1.807) is 0 Å². The first-order chi connectivity index (χ1) is 8.74. The normalized spacial score (nSPS) is 31.3. The molecular weight excluding hydrogens is 226 g/mol. The standard InChI is InChI=1S/C14H27N3O/c15-14(17-12-6-2-1-3-7-12)16-10-11-5-4-8-13(18)9-11/h11-13,18H,1-10H2,(H3,15,16,17). The molecule has 0 bridgehead atoms. The molecule has 2 saturated carbocycles. The van der Waals surface area contributed by atoms with Gasteiger partial charge in [0.15, 0.2) is 5.96 Å². The molecule has 2 aliphatic rings. The molecule has 0 aromatic rings. The molecule has 0 aliphatic heterocycles. The molecule has 0 radical (unpaired) electrons. The van der Waals surface area contributed by atoms with E-state index in [9.17, 15) is 5.11 Å². The summed E-state index contributed by atoms with van der Waals surface area (Å²) >= 11 is 0. The average Bonchev–Trinajstić information content (AvgIpc) is 2.38. The molecule has 0 heterocycles. The fourth-order valence-electron chi connectivity index (χ4n) is 3.16. The van der Waals surface area contributed by atoms with Gasteiger partial charge in [-0.2, -0.15) is 0 Å². The lowest BCUT2D eigenvalue weighted by Crippen LogP contribution is -2.41. The van der Waals surface area contributed by atoms with E-state index in [1.807, 2.05) is 0 Å². The SMILES string of the molecule is NC(=NCC1CCCC(O)C1)NC1CCCCC1. The van der Waals surface area contributed by atoms with Crippen LogP contribution in [0.4, 0.5) is 0 Å². The molecule has 2 atom stereocenters. The Labute approximate surface area is 110 Å². The van der Waals surface area contributed by atoms with E-state index in [0.29, 0.717) is 17.9 Å². The predicted molar refractivity (Wildman–Crippen MR) is 74.5 cm³/mol. The van der Waals surface area contributed by atoms with Crippen LogP contribution in [0.1, 0.15) is 57.8 Å². The minimum absolute atomic E-state index is 0.119. The highest BCUT2D eigenvalue weighted by atomic mass is 16.3. The summed E-state index contributed by atoms with van der Waals surface area (Å²) in [4.78, 5) is 4.45. The lowest BCUT2D eigenvalue weighted by molar-refractivity contribution is 0.103. The van der Waals surface area contributed by atoms with Crippen molar-refractivity contribution in [2.45, 2.75) is 69.9 Å². The third-order valence-electron chi connectivity index (χ3n) is 4.23. The largest absolute Gasteiger partial charge is 0.393 e. The van der Waals surface area contributed by atoms with Crippen LogP contribution in [-0.2, 0) is 0 Å². The molecule has 2 aliphatic carbocycles. The lowest BCUT2D eigenvalue weighted by Gasteiger charge is -2.25. The number of aliphatic hydroxyl groups is 1. The van der Waals surface area contributed by atoms with E-state index in [0.717, 1.165) is 25.8 Å². The van der Waals surface area contributed by atoms with Crippen molar-refractivity contribution in [3.05, 3.63) is 0 Å². The van der Waals surface area contributed by atoms with Gasteiger partial charge in [-0.05, 0) is 38.0 Å². The first-order valence-electron chi connectivity index (χ1n) is 7.48. The van der Waals surface area contributed by atoms with E-state index in [-0.39, 0.29) is 6.10 Å². The topological polar surface area (TPSA) is 70.6 Å². The zero-order valence-corrected chi connectivity index (χ0v) is 11.3.